The Bertz CT molecular complexity index is 423. The number of hydrogen-bond acceptors (Lipinski definition) is 5. The lowest BCUT2D eigenvalue weighted by atomic mass is 10.2. The first kappa shape index (κ1) is 13.3. The van der Waals surface area contributed by atoms with E-state index in [1.165, 1.54) is 13.0 Å². The zero-order valence-corrected chi connectivity index (χ0v) is 9.09. The number of aryl methyl sites for hydroxylation is 1. The molecular formula is C10H12FNO5. The molecule has 0 amide bonds. The Morgan fingerprint density at radius 1 is 1.59 bits per heavy atom. The molecule has 7 heteroatoms. The van der Waals surface area contributed by atoms with E-state index >= 15 is 0 Å². The second kappa shape index (κ2) is 5.55. The normalized spacial score (nSPS) is 12.2. The highest BCUT2D eigenvalue weighted by Gasteiger charge is 2.16. The van der Waals surface area contributed by atoms with Gasteiger partial charge >= 0.3 is 0 Å². The molecule has 0 saturated carbocycles. The largest absolute Gasteiger partial charge is 0.488 e. The highest BCUT2D eigenvalue weighted by atomic mass is 19.1. The summed E-state index contributed by atoms with van der Waals surface area (Å²) in [5.74, 6) is -1.08. The second-order valence-electron chi connectivity index (χ2n) is 3.47. The van der Waals surface area contributed by atoms with Crippen molar-refractivity contribution >= 4 is 5.69 Å². The first-order chi connectivity index (χ1) is 7.95. The standard InChI is InChI=1S/C10H12FNO5/c1-6-2-10(17-5-7(14)4-13)8(11)3-9(6)12(15)16/h2-3,7,13-14H,4-5H2,1H3. The van der Waals surface area contributed by atoms with Crippen LogP contribution >= 0.6 is 0 Å². The van der Waals surface area contributed by atoms with Gasteiger partial charge in [-0.15, -0.1) is 0 Å². The Balaban J connectivity index is 2.88. The number of nitro groups is 1. The molecule has 94 valence electrons. The number of aliphatic hydroxyl groups is 2. The summed E-state index contributed by atoms with van der Waals surface area (Å²) < 4.78 is 18.3. The molecule has 0 saturated heterocycles. The van der Waals surface area contributed by atoms with Crippen LogP contribution in [0.3, 0.4) is 0 Å². The predicted molar refractivity (Wildman–Crippen MR) is 56.4 cm³/mol. The molecule has 0 aliphatic heterocycles. The van der Waals surface area contributed by atoms with Crippen LogP contribution in [-0.4, -0.2) is 34.5 Å². The molecule has 2 N–H and O–H groups in total. The average molecular weight is 245 g/mol. The number of aliphatic hydroxyl groups excluding tert-OH is 2. The number of hydrogen-bond donors (Lipinski definition) is 2. The van der Waals surface area contributed by atoms with Crippen LogP contribution in [0.4, 0.5) is 10.1 Å². The zero-order valence-electron chi connectivity index (χ0n) is 9.09. The summed E-state index contributed by atoms with van der Waals surface area (Å²) >= 11 is 0. The van der Waals surface area contributed by atoms with Crippen LogP contribution < -0.4 is 4.74 Å². The lowest BCUT2D eigenvalue weighted by molar-refractivity contribution is -0.385. The molecule has 0 aliphatic rings. The van der Waals surface area contributed by atoms with E-state index in [1.54, 1.807) is 0 Å². The van der Waals surface area contributed by atoms with E-state index in [9.17, 15) is 14.5 Å². The van der Waals surface area contributed by atoms with E-state index in [4.69, 9.17) is 14.9 Å². The number of nitro benzene ring substituents is 1. The van der Waals surface area contributed by atoms with Crippen LogP contribution in [0, 0.1) is 22.9 Å². The van der Waals surface area contributed by atoms with E-state index in [0.717, 1.165) is 6.07 Å². The lowest BCUT2D eigenvalue weighted by Crippen LogP contribution is -2.21. The molecule has 0 aliphatic carbocycles. The first-order valence-corrected chi connectivity index (χ1v) is 4.82. The van der Waals surface area contributed by atoms with Gasteiger partial charge in [-0.3, -0.25) is 10.1 Å². The van der Waals surface area contributed by atoms with Crippen LogP contribution in [0.1, 0.15) is 5.56 Å². The van der Waals surface area contributed by atoms with Gasteiger partial charge in [0.15, 0.2) is 11.6 Å². The summed E-state index contributed by atoms with van der Waals surface area (Å²) in [5.41, 5.74) is -0.0811. The maximum atomic E-state index is 13.4. The monoisotopic (exact) mass is 245 g/mol. The maximum absolute atomic E-state index is 13.4. The van der Waals surface area contributed by atoms with Crippen molar-refractivity contribution < 1.29 is 24.3 Å². The summed E-state index contributed by atoms with van der Waals surface area (Å²) in [5, 5.41) is 28.1. The van der Waals surface area contributed by atoms with Crippen molar-refractivity contribution in [2.45, 2.75) is 13.0 Å². The minimum atomic E-state index is -1.12. The van der Waals surface area contributed by atoms with Crippen LogP contribution in [0.15, 0.2) is 12.1 Å². The van der Waals surface area contributed by atoms with Gasteiger partial charge in [0.1, 0.15) is 12.7 Å². The van der Waals surface area contributed by atoms with Gasteiger partial charge in [0.25, 0.3) is 5.69 Å². The fourth-order valence-corrected chi connectivity index (χ4v) is 1.19. The third-order valence-electron chi connectivity index (χ3n) is 2.09. The third-order valence-corrected chi connectivity index (χ3v) is 2.09. The fraction of sp³-hybridized carbons (Fsp3) is 0.400. The van der Waals surface area contributed by atoms with Crippen LogP contribution in [-0.2, 0) is 0 Å². The Morgan fingerprint density at radius 3 is 2.76 bits per heavy atom. The number of halogens is 1. The van der Waals surface area contributed by atoms with Gasteiger partial charge in [0, 0.05) is 5.56 Å². The first-order valence-electron chi connectivity index (χ1n) is 4.82. The number of rotatable bonds is 5. The van der Waals surface area contributed by atoms with Gasteiger partial charge < -0.3 is 14.9 Å². The van der Waals surface area contributed by atoms with Crippen molar-refractivity contribution in [1.82, 2.24) is 0 Å². The van der Waals surface area contributed by atoms with Gasteiger partial charge in [-0.05, 0) is 13.0 Å². The Morgan fingerprint density at radius 2 is 2.24 bits per heavy atom. The summed E-state index contributed by atoms with van der Waals surface area (Å²) in [4.78, 5) is 9.83. The number of ether oxygens (including phenoxy) is 1. The minimum absolute atomic E-state index is 0.194. The molecule has 0 aromatic heterocycles. The molecule has 1 aromatic carbocycles. The predicted octanol–water partition coefficient (Wildman–Crippen LogP) is 0.774. The van der Waals surface area contributed by atoms with E-state index in [2.05, 4.69) is 0 Å². The fourth-order valence-electron chi connectivity index (χ4n) is 1.19. The van der Waals surface area contributed by atoms with E-state index < -0.39 is 23.5 Å². The summed E-state index contributed by atoms with van der Waals surface area (Å²) in [6.45, 7) is 0.658. The highest BCUT2D eigenvalue weighted by Crippen LogP contribution is 2.26. The van der Waals surface area contributed by atoms with E-state index in [-0.39, 0.29) is 23.6 Å². The average Bonchev–Trinajstić information content (AvgIpc) is 2.28. The molecule has 1 unspecified atom stereocenters. The molecule has 1 atom stereocenters. The van der Waals surface area contributed by atoms with Crippen LogP contribution in [0.2, 0.25) is 0 Å². The van der Waals surface area contributed by atoms with Gasteiger partial charge in [-0.2, -0.15) is 0 Å². The van der Waals surface area contributed by atoms with Crippen molar-refractivity contribution in [2.24, 2.45) is 0 Å². The Labute approximate surface area is 96.4 Å². The second-order valence-corrected chi connectivity index (χ2v) is 3.47. The molecule has 0 fully saturated rings. The van der Waals surface area contributed by atoms with Crippen molar-refractivity contribution in [3.8, 4) is 5.75 Å². The SMILES string of the molecule is Cc1cc(OCC(O)CO)c(F)cc1[N+](=O)[O-]. The molecule has 6 nitrogen and oxygen atoms in total. The zero-order chi connectivity index (χ0) is 13.0. The van der Waals surface area contributed by atoms with Crippen molar-refractivity contribution in [1.29, 1.82) is 0 Å². The lowest BCUT2D eigenvalue weighted by Gasteiger charge is -2.11. The number of benzene rings is 1. The van der Waals surface area contributed by atoms with Crippen molar-refractivity contribution in [3.05, 3.63) is 33.6 Å². The topological polar surface area (TPSA) is 92.8 Å². The molecule has 0 bridgehead atoms. The minimum Gasteiger partial charge on any atom is -0.488 e. The van der Waals surface area contributed by atoms with Gasteiger partial charge in [-0.1, -0.05) is 0 Å². The van der Waals surface area contributed by atoms with Gasteiger partial charge in [-0.25, -0.2) is 4.39 Å². The molecule has 0 spiro atoms. The van der Waals surface area contributed by atoms with Gasteiger partial charge in [0.05, 0.1) is 17.6 Å². The summed E-state index contributed by atoms with van der Waals surface area (Å²) in [6.07, 6.45) is -1.12. The molecule has 1 aromatic rings. The van der Waals surface area contributed by atoms with Crippen molar-refractivity contribution in [2.75, 3.05) is 13.2 Å². The summed E-state index contributed by atoms with van der Waals surface area (Å²) in [7, 11) is 0. The molecule has 17 heavy (non-hydrogen) atoms. The highest BCUT2D eigenvalue weighted by molar-refractivity contribution is 5.45. The maximum Gasteiger partial charge on any atom is 0.275 e. The van der Waals surface area contributed by atoms with E-state index in [0.29, 0.717) is 0 Å². The van der Waals surface area contributed by atoms with Crippen LogP contribution in [0.25, 0.3) is 0 Å². The van der Waals surface area contributed by atoms with Gasteiger partial charge in [0.2, 0.25) is 0 Å². The van der Waals surface area contributed by atoms with Crippen LogP contribution in [0.5, 0.6) is 5.75 Å². The molecular weight excluding hydrogens is 233 g/mol. The smallest absolute Gasteiger partial charge is 0.275 e. The summed E-state index contributed by atoms with van der Waals surface area (Å²) in [6, 6.07) is 1.94. The Hall–Kier alpha value is -1.73. The molecule has 1 rings (SSSR count). The van der Waals surface area contributed by atoms with E-state index in [1.807, 2.05) is 0 Å². The molecule has 0 heterocycles. The van der Waals surface area contributed by atoms with Crippen molar-refractivity contribution in [3.63, 3.8) is 0 Å². The number of nitrogens with zero attached hydrogens (tertiary/aromatic N) is 1. The third kappa shape index (κ3) is 3.36. The Kier molecular flexibility index (Phi) is 4.36. The molecule has 0 radical (unpaired) electrons. The quantitative estimate of drug-likeness (QED) is 0.590.